The lowest BCUT2D eigenvalue weighted by Gasteiger charge is -2.22. The van der Waals surface area contributed by atoms with Crippen LogP contribution < -0.4 is 4.74 Å². The molecule has 1 aliphatic rings. The molecule has 2 unspecified atom stereocenters. The van der Waals surface area contributed by atoms with Crippen molar-refractivity contribution in [3.8, 4) is 5.75 Å². The SMILES string of the molecule is CCCCC(=O)N1CC(Oc2ccccc2F)CC1C(=O)OC. The number of likely N-dealkylation sites (tertiary alicyclic amines) is 1. The predicted molar refractivity (Wildman–Crippen MR) is 82.5 cm³/mol. The van der Waals surface area contributed by atoms with Crippen molar-refractivity contribution < 1.29 is 23.5 Å². The van der Waals surface area contributed by atoms with Crippen molar-refractivity contribution in [2.75, 3.05) is 13.7 Å². The third-order valence-electron chi connectivity index (χ3n) is 3.93. The number of halogens is 1. The molecule has 23 heavy (non-hydrogen) atoms. The first-order valence-corrected chi connectivity index (χ1v) is 7.85. The van der Waals surface area contributed by atoms with E-state index >= 15 is 0 Å². The third kappa shape index (κ3) is 4.21. The molecular formula is C17H22FNO4. The van der Waals surface area contributed by atoms with Crippen LogP contribution in [0.4, 0.5) is 4.39 Å². The molecule has 1 aromatic carbocycles. The van der Waals surface area contributed by atoms with Gasteiger partial charge in [0.05, 0.1) is 13.7 Å². The van der Waals surface area contributed by atoms with Crippen molar-refractivity contribution >= 4 is 11.9 Å². The molecule has 2 rings (SSSR count). The van der Waals surface area contributed by atoms with Crippen LogP contribution in [0, 0.1) is 5.82 Å². The lowest BCUT2D eigenvalue weighted by molar-refractivity contribution is -0.151. The molecule has 0 saturated carbocycles. The van der Waals surface area contributed by atoms with E-state index in [-0.39, 0.29) is 18.2 Å². The van der Waals surface area contributed by atoms with Gasteiger partial charge in [-0.3, -0.25) is 4.79 Å². The summed E-state index contributed by atoms with van der Waals surface area (Å²) in [5, 5.41) is 0. The first-order valence-electron chi connectivity index (χ1n) is 7.85. The highest BCUT2D eigenvalue weighted by atomic mass is 19.1. The Kier molecular flexibility index (Phi) is 5.96. The molecule has 1 heterocycles. The van der Waals surface area contributed by atoms with Crippen LogP contribution in [0.25, 0.3) is 0 Å². The van der Waals surface area contributed by atoms with Crippen molar-refractivity contribution in [3.63, 3.8) is 0 Å². The van der Waals surface area contributed by atoms with Gasteiger partial charge in [-0.25, -0.2) is 9.18 Å². The van der Waals surface area contributed by atoms with Gasteiger partial charge in [-0.2, -0.15) is 0 Å². The lowest BCUT2D eigenvalue weighted by atomic mass is 10.2. The fourth-order valence-electron chi connectivity index (χ4n) is 2.71. The molecule has 0 bridgehead atoms. The number of carbonyl (C=O) groups is 2. The number of para-hydroxylation sites is 1. The van der Waals surface area contributed by atoms with Gasteiger partial charge < -0.3 is 14.4 Å². The second-order valence-corrected chi connectivity index (χ2v) is 5.59. The molecule has 0 spiro atoms. The fraction of sp³-hybridized carbons (Fsp3) is 0.529. The van der Waals surface area contributed by atoms with Crippen LogP contribution in [-0.2, 0) is 14.3 Å². The Balaban J connectivity index is 2.08. The van der Waals surface area contributed by atoms with Crippen LogP contribution in [0.15, 0.2) is 24.3 Å². The number of hydrogen-bond acceptors (Lipinski definition) is 4. The van der Waals surface area contributed by atoms with Gasteiger partial charge in [0.15, 0.2) is 11.6 Å². The summed E-state index contributed by atoms with van der Waals surface area (Å²) >= 11 is 0. The smallest absolute Gasteiger partial charge is 0.328 e. The van der Waals surface area contributed by atoms with E-state index in [1.54, 1.807) is 12.1 Å². The van der Waals surface area contributed by atoms with Crippen LogP contribution in [0.1, 0.15) is 32.6 Å². The summed E-state index contributed by atoms with van der Waals surface area (Å²) < 4.78 is 24.1. The van der Waals surface area contributed by atoms with E-state index in [2.05, 4.69) is 0 Å². The second-order valence-electron chi connectivity index (χ2n) is 5.59. The Morgan fingerprint density at radius 3 is 2.74 bits per heavy atom. The molecule has 2 atom stereocenters. The number of amides is 1. The first-order chi connectivity index (χ1) is 11.1. The topological polar surface area (TPSA) is 55.8 Å². The summed E-state index contributed by atoms with van der Waals surface area (Å²) in [5.74, 6) is -0.891. The van der Waals surface area contributed by atoms with Gasteiger partial charge in [-0.1, -0.05) is 25.5 Å². The van der Waals surface area contributed by atoms with E-state index in [0.717, 1.165) is 12.8 Å². The predicted octanol–water partition coefficient (Wildman–Crippen LogP) is 2.54. The molecule has 0 aliphatic carbocycles. The van der Waals surface area contributed by atoms with Crippen molar-refractivity contribution in [1.82, 2.24) is 4.90 Å². The molecular weight excluding hydrogens is 301 g/mol. The molecule has 5 nitrogen and oxygen atoms in total. The zero-order valence-corrected chi connectivity index (χ0v) is 13.5. The van der Waals surface area contributed by atoms with Crippen LogP contribution in [0.5, 0.6) is 5.75 Å². The number of esters is 1. The normalized spacial score (nSPS) is 20.4. The maximum atomic E-state index is 13.7. The van der Waals surface area contributed by atoms with Gasteiger partial charge >= 0.3 is 5.97 Å². The van der Waals surface area contributed by atoms with Gasteiger partial charge in [-0.15, -0.1) is 0 Å². The quantitative estimate of drug-likeness (QED) is 0.755. The highest BCUT2D eigenvalue weighted by molar-refractivity contribution is 5.85. The van der Waals surface area contributed by atoms with E-state index in [1.165, 1.54) is 24.1 Å². The molecule has 1 amide bonds. The summed E-state index contributed by atoms with van der Waals surface area (Å²) in [6.07, 6.45) is 1.93. The number of nitrogens with zero attached hydrogens (tertiary/aromatic N) is 1. The molecule has 1 fully saturated rings. The average Bonchev–Trinajstić information content (AvgIpc) is 2.98. The standard InChI is InChI=1S/C17H22FNO4/c1-3-4-9-16(20)19-11-12(10-14(19)17(21)22-2)23-15-8-6-5-7-13(15)18/h5-8,12,14H,3-4,9-11H2,1-2H3. The second kappa shape index (κ2) is 7.94. The Morgan fingerprint density at radius 2 is 2.09 bits per heavy atom. The zero-order chi connectivity index (χ0) is 16.8. The van der Waals surface area contributed by atoms with Crippen LogP contribution >= 0.6 is 0 Å². The molecule has 0 N–H and O–H groups in total. The van der Waals surface area contributed by atoms with Gasteiger partial charge in [0.1, 0.15) is 12.1 Å². The van der Waals surface area contributed by atoms with Crippen molar-refractivity contribution in [3.05, 3.63) is 30.1 Å². The Labute approximate surface area is 135 Å². The third-order valence-corrected chi connectivity index (χ3v) is 3.93. The molecule has 126 valence electrons. The number of methoxy groups -OCH3 is 1. The molecule has 0 radical (unpaired) electrons. The van der Waals surface area contributed by atoms with Gasteiger partial charge in [0.25, 0.3) is 0 Å². The maximum Gasteiger partial charge on any atom is 0.328 e. The number of carbonyl (C=O) groups excluding carboxylic acids is 2. The Hall–Kier alpha value is -2.11. The monoisotopic (exact) mass is 323 g/mol. The van der Waals surface area contributed by atoms with E-state index in [1.807, 2.05) is 6.92 Å². The fourth-order valence-corrected chi connectivity index (χ4v) is 2.71. The Morgan fingerprint density at radius 1 is 1.35 bits per heavy atom. The van der Waals surface area contributed by atoms with E-state index < -0.39 is 23.9 Å². The number of rotatable bonds is 6. The van der Waals surface area contributed by atoms with Crippen molar-refractivity contribution in [2.45, 2.75) is 44.8 Å². The van der Waals surface area contributed by atoms with Gasteiger partial charge in [0.2, 0.25) is 5.91 Å². The summed E-state index contributed by atoms with van der Waals surface area (Å²) in [4.78, 5) is 25.7. The van der Waals surface area contributed by atoms with Crippen LogP contribution in [-0.4, -0.2) is 42.6 Å². The first kappa shape index (κ1) is 17.2. The number of ether oxygens (including phenoxy) is 2. The highest BCUT2D eigenvalue weighted by Crippen LogP contribution is 2.26. The summed E-state index contributed by atoms with van der Waals surface area (Å²) in [5.41, 5.74) is 0. The van der Waals surface area contributed by atoms with Crippen molar-refractivity contribution in [1.29, 1.82) is 0 Å². The molecule has 1 aromatic rings. The molecule has 0 aromatic heterocycles. The molecule has 1 saturated heterocycles. The summed E-state index contributed by atoms with van der Waals surface area (Å²) in [6, 6.07) is 5.43. The van der Waals surface area contributed by atoms with Crippen molar-refractivity contribution in [2.24, 2.45) is 0 Å². The largest absolute Gasteiger partial charge is 0.485 e. The molecule has 6 heteroatoms. The minimum Gasteiger partial charge on any atom is -0.485 e. The Bertz CT molecular complexity index is 563. The minimum absolute atomic E-state index is 0.0955. The van der Waals surface area contributed by atoms with E-state index in [0.29, 0.717) is 12.8 Å². The zero-order valence-electron chi connectivity index (χ0n) is 13.5. The number of hydrogen-bond donors (Lipinski definition) is 0. The lowest BCUT2D eigenvalue weighted by Crippen LogP contribution is -2.41. The van der Waals surface area contributed by atoms with Crippen LogP contribution in [0.2, 0.25) is 0 Å². The number of benzene rings is 1. The minimum atomic E-state index is -0.666. The van der Waals surface area contributed by atoms with E-state index in [4.69, 9.17) is 9.47 Å². The summed E-state index contributed by atoms with van der Waals surface area (Å²) in [7, 11) is 1.29. The maximum absolute atomic E-state index is 13.7. The van der Waals surface area contributed by atoms with Crippen LogP contribution in [0.3, 0.4) is 0 Å². The van der Waals surface area contributed by atoms with Gasteiger partial charge in [0, 0.05) is 12.8 Å². The van der Waals surface area contributed by atoms with Gasteiger partial charge in [-0.05, 0) is 18.6 Å². The molecule has 1 aliphatic heterocycles. The highest BCUT2D eigenvalue weighted by Gasteiger charge is 2.41. The number of unbranched alkanes of at least 4 members (excludes halogenated alkanes) is 1. The average molecular weight is 323 g/mol. The summed E-state index contributed by atoms with van der Waals surface area (Å²) in [6.45, 7) is 2.26. The van der Waals surface area contributed by atoms with E-state index in [9.17, 15) is 14.0 Å².